The van der Waals surface area contributed by atoms with Crippen molar-refractivity contribution in [3.8, 4) is 0 Å². The number of carbonyl (C=O) groups excluding carboxylic acids is 1. The molecule has 0 aromatic heterocycles. The lowest BCUT2D eigenvalue weighted by molar-refractivity contribution is -0.133. The number of amides is 1. The molecule has 0 aromatic rings. The van der Waals surface area contributed by atoms with Crippen LogP contribution in [-0.2, 0) is 14.3 Å². The molecule has 182 valence electrons. The molecule has 0 aromatic carbocycles. The number of halogens is 1. The number of hydrogen-bond donors (Lipinski definition) is 2. The number of nitrogens with one attached hydrogen (secondary N) is 2. The third-order valence-electron chi connectivity index (χ3n) is 6.70. The summed E-state index contributed by atoms with van der Waals surface area (Å²) in [6.45, 7) is 13.0. The maximum Gasteiger partial charge on any atom is 0.243 e. The van der Waals surface area contributed by atoms with E-state index in [-0.39, 0.29) is 41.8 Å². The van der Waals surface area contributed by atoms with E-state index in [4.69, 9.17) is 9.47 Å². The first-order valence-corrected chi connectivity index (χ1v) is 11.6. The minimum atomic E-state index is 0. The Morgan fingerprint density at radius 1 is 1.23 bits per heavy atom. The van der Waals surface area contributed by atoms with Crippen molar-refractivity contribution in [1.82, 2.24) is 20.4 Å². The van der Waals surface area contributed by atoms with Crippen LogP contribution in [0.15, 0.2) is 4.99 Å². The quantitative estimate of drug-likeness (QED) is 0.176. The Labute approximate surface area is 205 Å². The summed E-state index contributed by atoms with van der Waals surface area (Å²) in [6, 6.07) is 0.309. The van der Waals surface area contributed by atoms with Crippen LogP contribution in [-0.4, -0.2) is 100 Å². The average Bonchev–Trinajstić information content (AvgIpc) is 2.75. The molecule has 1 aliphatic carbocycles. The molecule has 0 bridgehead atoms. The summed E-state index contributed by atoms with van der Waals surface area (Å²) in [7, 11) is 3.52. The molecule has 1 aliphatic heterocycles. The van der Waals surface area contributed by atoms with Gasteiger partial charge in [-0.15, -0.1) is 24.0 Å². The molecular weight excluding hydrogens is 509 g/mol. The highest BCUT2D eigenvalue weighted by Gasteiger charge is 2.53. The lowest BCUT2D eigenvalue weighted by Gasteiger charge is -2.55. The maximum atomic E-state index is 12.1. The van der Waals surface area contributed by atoms with E-state index in [1.54, 1.807) is 19.0 Å². The highest BCUT2D eigenvalue weighted by atomic mass is 127. The average molecular weight is 554 g/mol. The molecular formula is C22H44IN5O3. The zero-order chi connectivity index (χ0) is 22.0. The molecule has 31 heavy (non-hydrogen) atoms. The number of guanidine groups is 1. The zero-order valence-electron chi connectivity index (χ0n) is 20.1. The van der Waals surface area contributed by atoms with Crippen LogP contribution in [0.5, 0.6) is 0 Å². The number of ether oxygens (including phenoxy) is 2. The van der Waals surface area contributed by atoms with Crippen molar-refractivity contribution >= 4 is 35.8 Å². The third-order valence-corrected chi connectivity index (χ3v) is 6.70. The smallest absolute Gasteiger partial charge is 0.243 e. The Bertz CT molecular complexity index is 551. The molecule has 2 fully saturated rings. The lowest BCUT2D eigenvalue weighted by atomic mass is 9.58. The molecule has 2 unspecified atom stereocenters. The Morgan fingerprint density at radius 3 is 2.48 bits per heavy atom. The van der Waals surface area contributed by atoms with Crippen LogP contribution in [0.25, 0.3) is 0 Å². The van der Waals surface area contributed by atoms with Crippen LogP contribution in [0.4, 0.5) is 0 Å². The summed E-state index contributed by atoms with van der Waals surface area (Å²) < 4.78 is 11.4. The van der Waals surface area contributed by atoms with E-state index in [0.29, 0.717) is 12.1 Å². The molecule has 9 heteroatoms. The second-order valence-electron chi connectivity index (χ2n) is 8.50. The Kier molecular flexibility index (Phi) is 13.3. The topological polar surface area (TPSA) is 78.4 Å². The van der Waals surface area contributed by atoms with E-state index in [1.807, 2.05) is 0 Å². The number of aliphatic imine (C=N–C) groups is 1. The van der Waals surface area contributed by atoms with Gasteiger partial charge in [-0.1, -0.05) is 13.8 Å². The monoisotopic (exact) mass is 553 g/mol. The molecule has 8 nitrogen and oxygen atoms in total. The van der Waals surface area contributed by atoms with Gasteiger partial charge in [0.25, 0.3) is 0 Å². The van der Waals surface area contributed by atoms with Crippen LogP contribution in [0.2, 0.25) is 0 Å². The van der Waals surface area contributed by atoms with Crippen molar-refractivity contribution in [3.63, 3.8) is 0 Å². The summed E-state index contributed by atoms with van der Waals surface area (Å²) in [5.41, 5.74) is 0.123. The molecule has 2 rings (SSSR count). The molecule has 1 saturated carbocycles. The molecule has 0 spiro atoms. The highest BCUT2D eigenvalue weighted by molar-refractivity contribution is 14.0. The number of carbonyl (C=O) groups is 1. The van der Waals surface area contributed by atoms with Gasteiger partial charge in [-0.05, 0) is 39.2 Å². The summed E-state index contributed by atoms with van der Waals surface area (Å²) in [5.74, 6) is 0.737. The lowest BCUT2D eigenvalue weighted by Crippen LogP contribution is -2.65. The first-order chi connectivity index (χ1) is 14.5. The first-order valence-electron chi connectivity index (χ1n) is 11.6. The highest BCUT2D eigenvalue weighted by Crippen LogP contribution is 2.48. The van der Waals surface area contributed by atoms with Crippen LogP contribution in [0.1, 0.15) is 46.5 Å². The minimum Gasteiger partial charge on any atom is -0.379 e. The second-order valence-corrected chi connectivity index (χ2v) is 8.50. The molecule has 1 heterocycles. The number of likely N-dealkylation sites (N-methyl/N-ethyl adjacent to an activating group) is 1. The largest absolute Gasteiger partial charge is 0.379 e. The van der Waals surface area contributed by atoms with Crippen molar-refractivity contribution in [2.45, 2.75) is 58.6 Å². The fourth-order valence-electron chi connectivity index (χ4n) is 4.52. The number of rotatable bonds is 11. The van der Waals surface area contributed by atoms with Crippen molar-refractivity contribution in [2.24, 2.45) is 10.4 Å². The van der Waals surface area contributed by atoms with E-state index < -0.39 is 0 Å². The SMILES string of the molecule is CCOC1CC(NC(=NCC(=O)N(C)C)NCCCN2CCOCC2)C1(CC)CC.I. The van der Waals surface area contributed by atoms with E-state index >= 15 is 0 Å². The molecule has 2 atom stereocenters. The van der Waals surface area contributed by atoms with Gasteiger partial charge in [-0.2, -0.15) is 0 Å². The fraction of sp³-hybridized carbons (Fsp3) is 0.909. The third kappa shape index (κ3) is 8.01. The van der Waals surface area contributed by atoms with Crippen LogP contribution >= 0.6 is 24.0 Å². The maximum absolute atomic E-state index is 12.1. The predicted molar refractivity (Wildman–Crippen MR) is 136 cm³/mol. The van der Waals surface area contributed by atoms with Gasteiger partial charge in [0.2, 0.25) is 5.91 Å². The number of nitrogens with zero attached hydrogens (tertiary/aromatic N) is 3. The second kappa shape index (κ2) is 14.5. The minimum absolute atomic E-state index is 0. The molecule has 2 aliphatic rings. The molecule has 2 N–H and O–H groups in total. The number of morpholine rings is 1. The van der Waals surface area contributed by atoms with Gasteiger partial charge in [-0.3, -0.25) is 9.69 Å². The van der Waals surface area contributed by atoms with Gasteiger partial charge < -0.3 is 25.0 Å². The standard InChI is InChI=1S/C22H43N5O3.HI/c1-6-22(7-2)18(16-19(22)30-8-3)25-21(24-17-20(28)26(4)5)23-10-9-11-27-12-14-29-15-13-27;/h18-19H,6-17H2,1-5H3,(H2,23,24,25);1H. The van der Waals surface area contributed by atoms with E-state index in [2.05, 4.69) is 41.3 Å². The summed E-state index contributed by atoms with van der Waals surface area (Å²) in [6.07, 6.45) is 4.42. The summed E-state index contributed by atoms with van der Waals surface area (Å²) in [5, 5.41) is 7.08. The van der Waals surface area contributed by atoms with Crippen LogP contribution in [0, 0.1) is 5.41 Å². The van der Waals surface area contributed by atoms with Gasteiger partial charge in [-0.25, -0.2) is 4.99 Å². The van der Waals surface area contributed by atoms with Gasteiger partial charge in [0.15, 0.2) is 5.96 Å². The van der Waals surface area contributed by atoms with Crippen molar-refractivity contribution in [2.75, 3.05) is 66.6 Å². The molecule has 1 saturated heterocycles. The van der Waals surface area contributed by atoms with Gasteiger partial charge >= 0.3 is 0 Å². The van der Waals surface area contributed by atoms with E-state index in [9.17, 15) is 4.79 Å². The fourth-order valence-corrected chi connectivity index (χ4v) is 4.52. The van der Waals surface area contributed by atoms with Crippen LogP contribution in [0.3, 0.4) is 0 Å². The Balaban J connectivity index is 0.00000480. The van der Waals surface area contributed by atoms with Gasteiger partial charge in [0.05, 0.1) is 19.3 Å². The van der Waals surface area contributed by atoms with E-state index in [0.717, 1.165) is 77.6 Å². The Hall–Kier alpha value is -0.650. The van der Waals surface area contributed by atoms with Crippen molar-refractivity contribution in [3.05, 3.63) is 0 Å². The number of hydrogen-bond acceptors (Lipinski definition) is 5. The van der Waals surface area contributed by atoms with Crippen LogP contribution < -0.4 is 10.6 Å². The first kappa shape index (κ1) is 28.4. The van der Waals surface area contributed by atoms with Gasteiger partial charge in [0, 0.05) is 51.8 Å². The van der Waals surface area contributed by atoms with Crippen molar-refractivity contribution < 1.29 is 14.3 Å². The molecule has 1 amide bonds. The van der Waals surface area contributed by atoms with Gasteiger partial charge in [0.1, 0.15) is 6.54 Å². The Morgan fingerprint density at radius 2 is 1.90 bits per heavy atom. The van der Waals surface area contributed by atoms with E-state index in [1.165, 1.54) is 0 Å². The predicted octanol–water partition coefficient (Wildman–Crippen LogP) is 1.93. The molecule has 0 radical (unpaired) electrons. The van der Waals surface area contributed by atoms with Crippen molar-refractivity contribution in [1.29, 1.82) is 0 Å². The normalized spacial score (nSPS) is 23.5. The summed E-state index contributed by atoms with van der Waals surface area (Å²) in [4.78, 5) is 20.7. The summed E-state index contributed by atoms with van der Waals surface area (Å²) >= 11 is 0. The zero-order valence-corrected chi connectivity index (χ0v) is 22.4.